The number of benzene rings is 4. The second-order valence-corrected chi connectivity index (χ2v) is 9.23. The Morgan fingerprint density at radius 3 is 1.07 bits per heavy atom. The molecule has 12 heteroatoms. The lowest BCUT2D eigenvalue weighted by atomic mass is 9.92. The van der Waals surface area contributed by atoms with Crippen molar-refractivity contribution in [3.8, 4) is 57.1 Å². The zero-order chi connectivity index (χ0) is 32.3. The third kappa shape index (κ3) is 5.68. The summed E-state index contributed by atoms with van der Waals surface area (Å²) in [6.45, 7) is 0. The van der Waals surface area contributed by atoms with E-state index in [4.69, 9.17) is 18.9 Å². The van der Waals surface area contributed by atoms with Crippen LogP contribution >= 0.6 is 0 Å². The number of methoxy groups -OCH3 is 4. The van der Waals surface area contributed by atoms with E-state index in [2.05, 4.69) is 0 Å². The van der Waals surface area contributed by atoms with Crippen LogP contribution in [0.1, 0.15) is 41.4 Å². The van der Waals surface area contributed by atoms with E-state index in [-0.39, 0.29) is 56.4 Å². The van der Waals surface area contributed by atoms with Crippen molar-refractivity contribution in [2.45, 2.75) is 0 Å². The summed E-state index contributed by atoms with van der Waals surface area (Å²) in [5.74, 6) is -6.00. The lowest BCUT2D eigenvalue weighted by Gasteiger charge is -2.18. The molecule has 0 atom stereocenters. The molecule has 0 bridgehead atoms. The summed E-state index contributed by atoms with van der Waals surface area (Å²) in [7, 11) is 5.24. The third-order valence-corrected chi connectivity index (χ3v) is 6.71. The largest absolute Gasteiger partial charge is 0.504 e. The maximum Gasteiger partial charge on any atom is 0.237 e. The topological polar surface area (TPSA) is 186 Å². The van der Waals surface area contributed by atoms with Crippen LogP contribution in [0, 0.1) is 0 Å². The molecule has 0 aliphatic carbocycles. The fraction of sp³-hybridized carbons (Fsp3) is 0.125. The molecular formula is C32H26O12. The van der Waals surface area contributed by atoms with Crippen molar-refractivity contribution < 1.29 is 58.6 Å². The number of hydrogen-bond acceptors (Lipinski definition) is 12. The lowest BCUT2D eigenvalue weighted by molar-refractivity contribution is 0.0814. The Bertz CT molecular complexity index is 1690. The first kappa shape index (κ1) is 30.9. The SMILES string of the molecule is COc1cc(OC)c(-c2cc(C(=O)C(=O)c3ccc(O)c(O)c3)c(OC)cc2OC)cc1C(=O)C(=O)c1ccc(O)c(O)c1. The van der Waals surface area contributed by atoms with Gasteiger partial charge in [0.2, 0.25) is 23.1 Å². The minimum absolute atomic E-state index is 0.0296. The Kier molecular flexibility index (Phi) is 8.75. The van der Waals surface area contributed by atoms with Gasteiger partial charge in [-0.2, -0.15) is 0 Å². The fourth-order valence-corrected chi connectivity index (χ4v) is 4.41. The van der Waals surface area contributed by atoms with Gasteiger partial charge in [0.25, 0.3) is 0 Å². The number of aromatic hydroxyl groups is 4. The van der Waals surface area contributed by atoms with E-state index in [1.54, 1.807) is 0 Å². The van der Waals surface area contributed by atoms with Gasteiger partial charge in [-0.1, -0.05) is 0 Å². The zero-order valence-corrected chi connectivity index (χ0v) is 23.8. The molecule has 0 unspecified atom stereocenters. The average molecular weight is 603 g/mol. The summed E-state index contributed by atoms with van der Waals surface area (Å²) in [6, 6.07) is 11.6. The van der Waals surface area contributed by atoms with Crippen molar-refractivity contribution in [2.24, 2.45) is 0 Å². The second kappa shape index (κ2) is 12.4. The van der Waals surface area contributed by atoms with Gasteiger partial charge in [-0.3, -0.25) is 19.2 Å². The van der Waals surface area contributed by atoms with Crippen molar-refractivity contribution in [3.63, 3.8) is 0 Å². The van der Waals surface area contributed by atoms with E-state index >= 15 is 0 Å². The van der Waals surface area contributed by atoms with Gasteiger partial charge < -0.3 is 39.4 Å². The van der Waals surface area contributed by atoms with Crippen LogP contribution in [-0.4, -0.2) is 72.0 Å². The Labute approximate surface area is 250 Å². The monoisotopic (exact) mass is 602 g/mol. The highest BCUT2D eigenvalue weighted by Crippen LogP contribution is 2.43. The molecule has 4 aromatic rings. The standard InChI is InChI=1S/C32H26O12/c1-41-25-13-27(43-3)19(31(39)29(37)15-5-7-21(33)23(35)9-15)11-17(25)18-12-20(28(44-4)14-26(18)42-2)32(40)30(38)16-6-8-22(34)24(36)10-16/h5-14,33-36H,1-4H3. The number of carbonyl (C=O) groups is 4. The van der Waals surface area contributed by atoms with Crippen LogP contribution in [0.3, 0.4) is 0 Å². The van der Waals surface area contributed by atoms with Gasteiger partial charge in [0.05, 0.1) is 39.6 Å². The zero-order valence-electron chi connectivity index (χ0n) is 23.8. The first-order valence-electron chi connectivity index (χ1n) is 12.7. The van der Waals surface area contributed by atoms with E-state index in [1.807, 2.05) is 0 Å². The summed E-state index contributed by atoms with van der Waals surface area (Å²) in [4.78, 5) is 53.1. The molecule has 4 aromatic carbocycles. The number of ether oxygens (including phenoxy) is 4. The van der Waals surface area contributed by atoms with E-state index < -0.39 is 46.1 Å². The third-order valence-electron chi connectivity index (χ3n) is 6.71. The maximum absolute atomic E-state index is 13.4. The molecule has 0 heterocycles. The number of phenols is 4. The molecule has 4 rings (SSSR count). The number of ketones is 4. The van der Waals surface area contributed by atoms with Crippen LogP contribution in [0.5, 0.6) is 46.0 Å². The van der Waals surface area contributed by atoms with Crippen LogP contribution in [-0.2, 0) is 0 Å². The van der Waals surface area contributed by atoms with Gasteiger partial charge in [0.1, 0.15) is 23.0 Å². The molecule has 0 aromatic heterocycles. The number of carbonyl (C=O) groups excluding carboxylic acids is 4. The van der Waals surface area contributed by atoms with Gasteiger partial charge in [0, 0.05) is 34.4 Å². The van der Waals surface area contributed by atoms with E-state index in [1.165, 1.54) is 64.8 Å². The summed E-state index contributed by atoms with van der Waals surface area (Å²) in [5, 5.41) is 38.8. The number of Topliss-reactive ketones (excluding diaryl/α,β-unsaturated/α-hetero) is 4. The van der Waals surface area contributed by atoms with Gasteiger partial charge >= 0.3 is 0 Å². The molecule has 0 amide bonds. The Hall–Kier alpha value is -6.04. The van der Waals surface area contributed by atoms with Crippen LogP contribution in [0.15, 0.2) is 60.7 Å². The molecule has 0 aliphatic heterocycles. The molecule has 0 spiro atoms. The quantitative estimate of drug-likeness (QED) is 0.108. The smallest absolute Gasteiger partial charge is 0.237 e. The highest BCUT2D eigenvalue weighted by atomic mass is 16.5. The molecule has 0 fully saturated rings. The highest BCUT2D eigenvalue weighted by Gasteiger charge is 2.29. The van der Waals surface area contributed by atoms with Crippen molar-refractivity contribution >= 4 is 23.1 Å². The molecule has 12 nitrogen and oxygen atoms in total. The molecule has 0 saturated heterocycles. The predicted octanol–water partition coefficient (Wildman–Crippen LogP) is 4.34. The minimum atomic E-state index is -1.03. The van der Waals surface area contributed by atoms with E-state index in [0.717, 1.165) is 24.3 Å². The number of rotatable bonds is 11. The average Bonchev–Trinajstić information content (AvgIpc) is 3.04. The first-order valence-corrected chi connectivity index (χ1v) is 12.7. The molecule has 0 aliphatic rings. The van der Waals surface area contributed by atoms with Gasteiger partial charge in [-0.05, 0) is 48.5 Å². The van der Waals surface area contributed by atoms with Gasteiger partial charge in [0.15, 0.2) is 23.0 Å². The molecule has 44 heavy (non-hydrogen) atoms. The van der Waals surface area contributed by atoms with Crippen LogP contribution in [0.25, 0.3) is 11.1 Å². The van der Waals surface area contributed by atoms with Gasteiger partial charge in [-0.15, -0.1) is 0 Å². The fourth-order valence-electron chi connectivity index (χ4n) is 4.41. The van der Waals surface area contributed by atoms with Crippen molar-refractivity contribution in [1.82, 2.24) is 0 Å². The molecule has 0 saturated carbocycles. The van der Waals surface area contributed by atoms with Gasteiger partial charge in [-0.25, -0.2) is 0 Å². The molecule has 0 radical (unpaired) electrons. The summed E-state index contributed by atoms with van der Waals surface area (Å²) in [5.41, 5.74) is -0.469. The highest BCUT2D eigenvalue weighted by molar-refractivity contribution is 6.50. The molecule has 226 valence electrons. The van der Waals surface area contributed by atoms with Crippen LogP contribution in [0.2, 0.25) is 0 Å². The summed E-state index contributed by atoms with van der Waals surface area (Å²) in [6.07, 6.45) is 0. The Morgan fingerprint density at radius 2 is 0.773 bits per heavy atom. The van der Waals surface area contributed by atoms with Crippen molar-refractivity contribution in [2.75, 3.05) is 28.4 Å². The van der Waals surface area contributed by atoms with Crippen molar-refractivity contribution in [3.05, 3.63) is 82.9 Å². The molecular weight excluding hydrogens is 576 g/mol. The second-order valence-electron chi connectivity index (χ2n) is 9.23. The number of phenolic OH excluding ortho intramolecular Hbond substituents is 4. The Balaban J connectivity index is 1.89. The summed E-state index contributed by atoms with van der Waals surface area (Å²) >= 11 is 0. The van der Waals surface area contributed by atoms with E-state index in [9.17, 15) is 39.6 Å². The predicted molar refractivity (Wildman–Crippen MR) is 155 cm³/mol. The molecule has 4 N–H and O–H groups in total. The maximum atomic E-state index is 13.4. The van der Waals surface area contributed by atoms with Crippen LogP contribution < -0.4 is 18.9 Å². The van der Waals surface area contributed by atoms with Crippen molar-refractivity contribution in [1.29, 1.82) is 0 Å². The van der Waals surface area contributed by atoms with Crippen LogP contribution in [0.4, 0.5) is 0 Å². The first-order chi connectivity index (χ1) is 20.9. The van der Waals surface area contributed by atoms with E-state index in [0.29, 0.717) is 0 Å². The normalized spacial score (nSPS) is 10.5. The lowest BCUT2D eigenvalue weighted by Crippen LogP contribution is -2.16. The number of hydrogen-bond donors (Lipinski definition) is 4. The Morgan fingerprint density at radius 1 is 0.432 bits per heavy atom. The minimum Gasteiger partial charge on any atom is -0.504 e. The summed E-state index contributed by atoms with van der Waals surface area (Å²) < 4.78 is 21.7.